The van der Waals surface area contributed by atoms with Crippen LogP contribution in [0.2, 0.25) is 0 Å². The molecule has 0 saturated carbocycles. The van der Waals surface area contributed by atoms with E-state index in [1.807, 2.05) is 60.7 Å². The molecule has 166 valence electrons. The summed E-state index contributed by atoms with van der Waals surface area (Å²) in [5.74, 6) is 2.41. The SMILES string of the molecule is CCOC(=O)c1sc(NP(=O)(/C=C(\Cl)c2ccccc2)/C=C(\Cl)c2ccccc2)nc1C. The lowest BCUT2D eigenvalue weighted by Gasteiger charge is -2.13. The van der Waals surface area contributed by atoms with Crippen molar-refractivity contribution in [2.45, 2.75) is 13.8 Å². The minimum atomic E-state index is -3.48. The summed E-state index contributed by atoms with van der Waals surface area (Å²) in [6.45, 7) is 3.68. The van der Waals surface area contributed by atoms with Gasteiger partial charge in [0.1, 0.15) is 4.88 Å². The molecule has 0 aliphatic carbocycles. The van der Waals surface area contributed by atoms with Gasteiger partial charge in [0.05, 0.1) is 22.4 Å². The topological polar surface area (TPSA) is 68.3 Å². The van der Waals surface area contributed by atoms with Gasteiger partial charge in [0.2, 0.25) is 7.29 Å². The zero-order valence-electron chi connectivity index (χ0n) is 17.4. The van der Waals surface area contributed by atoms with Crippen molar-refractivity contribution in [3.8, 4) is 0 Å². The van der Waals surface area contributed by atoms with Crippen LogP contribution in [0, 0.1) is 6.92 Å². The van der Waals surface area contributed by atoms with E-state index >= 15 is 0 Å². The smallest absolute Gasteiger partial charge is 0.350 e. The predicted molar refractivity (Wildman–Crippen MR) is 135 cm³/mol. The third-order valence-electron chi connectivity index (χ3n) is 4.24. The van der Waals surface area contributed by atoms with Crippen molar-refractivity contribution in [3.05, 3.63) is 94.0 Å². The van der Waals surface area contributed by atoms with Crippen molar-refractivity contribution in [1.82, 2.24) is 4.98 Å². The van der Waals surface area contributed by atoms with Crippen LogP contribution in [0.25, 0.3) is 10.1 Å². The lowest BCUT2D eigenvalue weighted by molar-refractivity contribution is 0.0531. The predicted octanol–water partition coefficient (Wildman–Crippen LogP) is 7.79. The van der Waals surface area contributed by atoms with Crippen molar-refractivity contribution < 1.29 is 14.1 Å². The molecule has 9 heteroatoms. The quantitative estimate of drug-likeness (QED) is 0.249. The van der Waals surface area contributed by atoms with Crippen LogP contribution < -0.4 is 5.09 Å². The molecule has 2 aromatic carbocycles. The molecule has 3 aromatic rings. The number of ether oxygens (including phenoxy) is 1. The number of aromatic nitrogens is 1. The number of thiazole rings is 1. The van der Waals surface area contributed by atoms with E-state index in [0.29, 0.717) is 36.9 Å². The fourth-order valence-corrected chi connectivity index (χ4v) is 6.73. The van der Waals surface area contributed by atoms with Crippen molar-refractivity contribution in [2.24, 2.45) is 0 Å². The number of esters is 1. The second-order valence-corrected chi connectivity index (χ2v) is 10.6. The van der Waals surface area contributed by atoms with Crippen LogP contribution in [0.15, 0.2) is 72.3 Å². The fourth-order valence-electron chi connectivity index (χ4n) is 2.76. The zero-order valence-corrected chi connectivity index (χ0v) is 20.6. The Labute approximate surface area is 201 Å². The van der Waals surface area contributed by atoms with Crippen molar-refractivity contribution in [1.29, 1.82) is 0 Å². The van der Waals surface area contributed by atoms with E-state index in [0.717, 1.165) is 11.3 Å². The molecule has 0 bridgehead atoms. The van der Waals surface area contributed by atoms with Crippen LogP contribution in [-0.2, 0) is 9.30 Å². The normalized spacial score (nSPS) is 12.5. The molecule has 0 atom stereocenters. The highest BCUT2D eigenvalue weighted by atomic mass is 35.5. The highest BCUT2D eigenvalue weighted by Gasteiger charge is 2.24. The van der Waals surface area contributed by atoms with Gasteiger partial charge in [-0.1, -0.05) is 95.2 Å². The Bertz CT molecular complexity index is 1130. The van der Waals surface area contributed by atoms with E-state index in [-0.39, 0.29) is 6.61 Å². The summed E-state index contributed by atoms with van der Waals surface area (Å²) in [7, 11) is -3.48. The number of halogens is 2. The fraction of sp³-hybridized carbons (Fsp3) is 0.130. The number of rotatable bonds is 8. The summed E-state index contributed by atoms with van der Waals surface area (Å²) in [5.41, 5.74) is 1.91. The van der Waals surface area contributed by atoms with Crippen molar-refractivity contribution >= 4 is 63.0 Å². The average molecular weight is 507 g/mol. The largest absolute Gasteiger partial charge is 0.462 e. The number of aryl methyl sites for hydroxylation is 1. The molecule has 3 rings (SSSR count). The van der Waals surface area contributed by atoms with Crippen LogP contribution in [0.5, 0.6) is 0 Å². The monoisotopic (exact) mass is 506 g/mol. The molecular formula is C23H21Cl2N2O3PS. The third kappa shape index (κ3) is 6.33. The van der Waals surface area contributed by atoms with E-state index in [1.54, 1.807) is 13.8 Å². The van der Waals surface area contributed by atoms with Gasteiger partial charge in [-0.15, -0.1) is 0 Å². The molecule has 0 saturated heterocycles. The first-order valence-electron chi connectivity index (χ1n) is 9.71. The standard InChI is InChI=1S/C23H21Cl2N2O3PS/c1-3-30-22(28)21-16(2)26-23(32-21)27-31(29,14-19(24)17-10-6-4-7-11-17)15-20(25)18-12-8-5-9-13-18/h4-15H,3H2,1-2H3,(H,26,27,29)/b19-14-,20-15-. The molecular weight excluding hydrogens is 486 g/mol. The Balaban J connectivity index is 2.02. The lowest BCUT2D eigenvalue weighted by Crippen LogP contribution is -2.03. The number of hydrogen-bond acceptors (Lipinski definition) is 5. The number of carbonyl (C=O) groups excluding carboxylic acids is 1. The first-order valence-corrected chi connectivity index (χ1v) is 13.1. The molecule has 0 radical (unpaired) electrons. The lowest BCUT2D eigenvalue weighted by atomic mass is 10.2. The molecule has 1 heterocycles. The van der Waals surface area contributed by atoms with Gasteiger partial charge in [0, 0.05) is 11.6 Å². The summed E-state index contributed by atoms with van der Waals surface area (Å²) < 4.78 is 19.0. The summed E-state index contributed by atoms with van der Waals surface area (Å²) in [4.78, 5) is 16.8. The number of hydrogen-bond donors (Lipinski definition) is 1. The maximum atomic E-state index is 14.0. The van der Waals surface area contributed by atoms with Gasteiger partial charge in [-0.05, 0) is 25.0 Å². The maximum Gasteiger partial charge on any atom is 0.350 e. The second kappa shape index (κ2) is 11.0. The molecule has 1 aromatic heterocycles. The highest BCUT2D eigenvalue weighted by Crippen LogP contribution is 2.54. The molecule has 0 amide bonds. The molecule has 0 aliphatic heterocycles. The van der Waals surface area contributed by atoms with Gasteiger partial charge in [0.25, 0.3) is 0 Å². The average Bonchev–Trinajstić information content (AvgIpc) is 3.14. The molecule has 32 heavy (non-hydrogen) atoms. The van der Waals surface area contributed by atoms with E-state index in [2.05, 4.69) is 10.1 Å². The first-order chi connectivity index (χ1) is 15.3. The third-order valence-corrected chi connectivity index (χ3v) is 8.25. The Hall–Kier alpha value is -2.37. The van der Waals surface area contributed by atoms with Crippen molar-refractivity contribution in [2.75, 3.05) is 11.7 Å². The molecule has 5 nitrogen and oxygen atoms in total. The first kappa shape index (κ1) is 24.3. The zero-order chi connectivity index (χ0) is 23.1. The molecule has 0 spiro atoms. The summed E-state index contributed by atoms with van der Waals surface area (Å²) in [6.07, 6.45) is 0. The number of benzene rings is 2. The van der Waals surface area contributed by atoms with Crippen LogP contribution in [0.3, 0.4) is 0 Å². The Morgan fingerprint density at radius 3 is 2.00 bits per heavy atom. The van der Waals surface area contributed by atoms with E-state index < -0.39 is 13.3 Å². The van der Waals surface area contributed by atoms with Gasteiger partial charge in [-0.3, -0.25) is 4.57 Å². The van der Waals surface area contributed by atoms with Crippen LogP contribution >= 0.6 is 41.8 Å². The highest BCUT2D eigenvalue weighted by molar-refractivity contribution is 7.72. The number of anilines is 1. The van der Waals surface area contributed by atoms with E-state index in [4.69, 9.17) is 27.9 Å². The number of carbonyl (C=O) groups is 1. The number of nitrogens with one attached hydrogen (secondary N) is 1. The second-order valence-electron chi connectivity index (χ2n) is 6.66. The van der Waals surface area contributed by atoms with Crippen LogP contribution in [0.4, 0.5) is 5.13 Å². The maximum absolute atomic E-state index is 14.0. The van der Waals surface area contributed by atoms with E-state index in [1.165, 1.54) is 11.6 Å². The molecule has 0 aliphatic rings. The Morgan fingerprint density at radius 1 is 1.03 bits per heavy atom. The molecule has 1 N–H and O–H groups in total. The van der Waals surface area contributed by atoms with Gasteiger partial charge in [0.15, 0.2) is 5.13 Å². The van der Waals surface area contributed by atoms with E-state index in [9.17, 15) is 9.36 Å². The van der Waals surface area contributed by atoms with Gasteiger partial charge in [-0.2, -0.15) is 0 Å². The minimum Gasteiger partial charge on any atom is -0.462 e. The number of nitrogens with zero attached hydrogens (tertiary/aromatic N) is 1. The van der Waals surface area contributed by atoms with Crippen LogP contribution in [0.1, 0.15) is 33.4 Å². The van der Waals surface area contributed by atoms with Gasteiger partial charge >= 0.3 is 5.97 Å². The molecule has 0 unspecified atom stereocenters. The summed E-state index contributed by atoms with van der Waals surface area (Å²) in [6, 6.07) is 18.4. The Morgan fingerprint density at radius 2 is 1.53 bits per heavy atom. The summed E-state index contributed by atoms with van der Waals surface area (Å²) in [5, 5.41) is 3.85. The molecule has 0 fully saturated rings. The van der Waals surface area contributed by atoms with Gasteiger partial charge < -0.3 is 9.82 Å². The van der Waals surface area contributed by atoms with Crippen LogP contribution in [-0.4, -0.2) is 17.6 Å². The van der Waals surface area contributed by atoms with Gasteiger partial charge in [-0.25, -0.2) is 9.78 Å². The minimum absolute atomic E-state index is 0.252. The summed E-state index contributed by atoms with van der Waals surface area (Å²) >= 11 is 14.1. The Kier molecular flexibility index (Phi) is 8.32. The van der Waals surface area contributed by atoms with Crippen molar-refractivity contribution in [3.63, 3.8) is 0 Å².